The van der Waals surface area contributed by atoms with E-state index in [1.165, 1.54) is 12.5 Å². The fraction of sp³-hybridized carbons (Fsp3) is 0.625. The van der Waals surface area contributed by atoms with Crippen LogP contribution in [0, 0.1) is 10.1 Å². The zero-order chi connectivity index (χ0) is 17.4. The minimum atomic E-state index is -1.21. The van der Waals surface area contributed by atoms with Gasteiger partial charge in [0.15, 0.2) is 12.5 Å². The van der Waals surface area contributed by atoms with E-state index in [1.807, 2.05) is 0 Å². The first kappa shape index (κ1) is 16.9. The first-order valence-corrected chi connectivity index (χ1v) is 8.33. The van der Waals surface area contributed by atoms with E-state index in [0.29, 0.717) is 30.0 Å². The second-order valence-electron chi connectivity index (χ2n) is 6.76. The molecule has 0 saturated carbocycles. The van der Waals surface area contributed by atoms with Crippen LogP contribution >= 0.6 is 0 Å². The quantitative estimate of drug-likeness (QED) is 0.492. The number of likely N-dealkylation sites (tertiary alicyclic amines) is 1. The predicted octanol–water partition coefficient (Wildman–Crippen LogP) is 1.83. The normalized spacial score (nSPS) is 30.2. The molecule has 2 aliphatic heterocycles. The van der Waals surface area contributed by atoms with Gasteiger partial charge in [-0.15, -0.1) is 0 Å². The van der Waals surface area contributed by atoms with Crippen LogP contribution in [0.4, 0.5) is 17.1 Å². The van der Waals surface area contributed by atoms with Gasteiger partial charge in [0.1, 0.15) is 0 Å². The molecule has 0 amide bonds. The van der Waals surface area contributed by atoms with E-state index >= 15 is 0 Å². The van der Waals surface area contributed by atoms with Crippen molar-refractivity contribution >= 4 is 17.1 Å². The van der Waals surface area contributed by atoms with Crippen molar-refractivity contribution in [1.29, 1.82) is 0 Å². The number of rotatable bonds is 3. The third-order valence-electron chi connectivity index (χ3n) is 5.04. The molecule has 0 aromatic heterocycles. The minimum Gasteiger partial charge on any atom is -0.369 e. The Morgan fingerprint density at radius 1 is 1.21 bits per heavy atom. The largest absolute Gasteiger partial charge is 0.369 e. The fourth-order valence-electron chi connectivity index (χ4n) is 3.65. The summed E-state index contributed by atoms with van der Waals surface area (Å²) in [4.78, 5) is 13.1. The molecule has 4 atom stereocenters. The molecule has 24 heavy (non-hydrogen) atoms. The van der Waals surface area contributed by atoms with E-state index in [0.717, 1.165) is 18.4 Å². The molecule has 0 bridgehead atoms. The molecule has 3 rings (SSSR count). The Balaban J connectivity index is 1.98. The maximum atomic E-state index is 11.2. The highest BCUT2D eigenvalue weighted by atomic mass is 16.6. The van der Waals surface area contributed by atoms with Crippen LogP contribution in [0.3, 0.4) is 0 Å². The number of fused-ring (bicyclic) bond motifs is 1. The lowest BCUT2D eigenvalue weighted by molar-refractivity contribution is -0.384. The molecule has 1 saturated heterocycles. The monoisotopic (exact) mass is 336 g/mol. The average Bonchev–Trinajstić information content (AvgIpc) is 2.52. The molecule has 0 spiro atoms. The summed E-state index contributed by atoms with van der Waals surface area (Å²) in [6, 6.07) is 3.72. The van der Waals surface area contributed by atoms with Crippen molar-refractivity contribution in [3.8, 4) is 0 Å². The smallest absolute Gasteiger partial charge is 0.271 e. The molecule has 1 aromatic rings. The molecule has 1 aromatic carbocycles. The highest BCUT2D eigenvalue weighted by molar-refractivity contribution is 5.78. The van der Waals surface area contributed by atoms with Crippen molar-refractivity contribution in [3.63, 3.8) is 0 Å². The Bertz CT molecular complexity index is 629. The number of hydrogen-bond acceptors (Lipinski definition) is 7. The second kappa shape index (κ2) is 6.54. The summed E-state index contributed by atoms with van der Waals surface area (Å²) in [6.07, 6.45) is 1.04. The van der Waals surface area contributed by atoms with Crippen molar-refractivity contribution in [3.05, 3.63) is 27.8 Å². The van der Waals surface area contributed by atoms with Gasteiger partial charge in [-0.25, -0.2) is 0 Å². The Labute approximate surface area is 140 Å². The molecule has 8 nitrogen and oxygen atoms in total. The first-order chi connectivity index (χ1) is 11.4. The van der Waals surface area contributed by atoms with Crippen LogP contribution < -0.4 is 10.6 Å². The number of non-ortho nitro benzene ring substituents is 1. The molecule has 8 heteroatoms. The van der Waals surface area contributed by atoms with Crippen LogP contribution in [-0.4, -0.2) is 44.6 Å². The van der Waals surface area contributed by atoms with E-state index in [1.54, 1.807) is 6.07 Å². The number of nitrogens with one attached hydrogen (secondary N) is 2. The summed E-state index contributed by atoms with van der Waals surface area (Å²) >= 11 is 0. The number of anilines is 2. The molecule has 2 heterocycles. The van der Waals surface area contributed by atoms with Gasteiger partial charge in [-0.3, -0.25) is 15.0 Å². The van der Waals surface area contributed by atoms with Gasteiger partial charge in [0.25, 0.3) is 5.69 Å². The van der Waals surface area contributed by atoms with Crippen LogP contribution in [0.25, 0.3) is 0 Å². The van der Waals surface area contributed by atoms with Crippen molar-refractivity contribution in [2.24, 2.45) is 0 Å². The molecule has 0 radical (unpaired) electrons. The van der Waals surface area contributed by atoms with E-state index in [4.69, 9.17) is 0 Å². The molecule has 4 N–H and O–H groups in total. The summed E-state index contributed by atoms with van der Waals surface area (Å²) in [5.74, 6) is 0. The Morgan fingerprint density at radius 2 is 1.83 bits per heavy atom. The predicted molar refractivity (Wildman–Crippen MR) is 90.7 cm³/mol. The summed E-state index contributed by atoms with van der Waals surface area (Å²) < 4.78 is 0. The van der Waals surface area contributed by atoms with E-state index in [9.17, 15) is 20.3 Å². The molecule has 132 valence electrons. The van der Waals surface area contributed by atoms with Gasteiger partial charge in [-0.05, 0) is 32.3 Å². The summed E-state index contributed by atoms with van der Waals surface area (Å²) in [5.41, 5.74) is 1.77. The Morgan fingerprint density at radius 3 is 2.46 bits per heavy atom. The van der Waals surface area contributed by atoms with Crippen LogP contribution in [0.15, 0.2) is 12.1 Å². The molecular weight excluding hydrogens is 312 g/mol. The first-order valence-electron chi connectivity index (χ1n) is 8.33. The standard InChI is InChI=1S/C16H24N4O4/c1-9-4-3-5-10(2)19(9)8-11-6-12(20(23)24)7-13-14(11)18-16(22)15(21)17-13/h6-7,9-10,15-18,21-22H,3-5,8H2,1-2H3. The highest BCUT2D eigenvalue weighted by Crippen LogP contribution is 2.37. The number of nitro groups is 1. The van der Waals surface area contributed by atoms with Gasteiger partial charge in [-0.2, -0.15) is 0 Å². The number of hydrogen-bond donors (Lipinski definition) is 4. The second-order valence-corrected chi connectivity index (χ2v) is 6.76. The zero-order valence-electron chi connectivity index (χ0n) is 13.9. The number of nitro benzene ring substituents is 1. The maximum Gasteiger partial charge on any atom is 0.271 e. The van der Waals surface area contributed by atoms with Gasteiger partial charge in [0, 0.05) is 30.8 Å². The van der Waals surface area contributed by atoms with Gasteiger partial charge in [-0.1, -0.05) is 6.42 Å². The van der Waals surface area contributed by atoms with Crippen LogP contribution in [-0.2, 0) is 6.54 Å². The van der Waals surface area contributed by atoms with Gasteiger partial charge in [0.05, 0.1) is 16.3 Å². The number of aliphatic hydroxyl groups is 2. The minimum absolute atomic E-state index is 0.0287. The number of aliphatic hydroxyl groups excluding tert-OH is 2. The van der Waals surface area contributed by atoms with Crippen molar-refractivity contribution in [2.75, 3.05) is 10.6 Å². The molecule has 4 unspecified atom stereocenters. The van der Waals surface area contributed by atoms with E-state index < -0.39 is 17.4 Å². The summed E-state index contributed by atoms with van der Waals surface area (Å²) in [6.45, 7) is 4.90. The number of nitrogens with zero attached hydrogens (tertiary/aromatic N) is 2. The average molecular weight is 336 g/mol. The summed E-state index contributed by atoms with van der Waals surface area (Å²) in [7, 11) is 0. The van der Waals surface area contributed by atoms with Crippen LogP contribution in [0.1, 0.15) is 38.7 Å². The van der Waals surface area contributed by atoms with Crippen LogP contribution in [0.5, 0.6) is 0 Å². The molecular formula is C16H24N4O4. The van der Waals surface area contributed by atoms with E-state index in [-0.39, 0.29) is 5.69 Å². The van der Waals surface area contributed by atoms with Crippen molar-refractivity contribution in [2.45, 2.75) is 64.2 Å². The topological polar surface area (TPSA) is 111 Å². The molecule has 2 aliphatic rings. The van der Waals surface area contributed by atoms with Crippen LogP contribution in [0.2, 0.25) is 0 Å². The lowest BCUT2D eigenvalue weighted by atomic mass is 9.96. The zero-order valence-corrected chi connectivity index (χ0v) is 13.9. The van der Waals surface area contributed by atoms with Gasteiger partial charge in [0.2, 0.25) is 0 Å². The Kier molecular flexibility index (Phi) is 4.62. The highest BCUT2D eigenvalue weighted by Gasteiger charge is 2.31. The number of benzene rings is 1. The fourth-order valence-corrected chi connectivity index (χ4v) is 3.65. The van der Waals surface area contributed by atoms with E-state index in [2.05, 4.69) is 29.4 Å². The van der Waals surface area contributed by atoms with Gasteiger partial charge < -0.3 is 20.8 Å². The maximum absolute atomic E-state index is 11.2. The van der Waals surface area contributed by atoms with Crippen molar-refractivity contribution < 1.29 is 15.1 Å². The molecule has 1 fully saturated rings. The van der Waals surface area contributed by atoms with Gasteiger partial charge >= 0.3 is 0 Å². The lowest BCUT2D eigenvalue weighted by Crippen LogP contribution is -2.45. The molecule has 0 aliphatic carbocycles. The number of piperidine rings is 1. The lowest BCUT2D eigenvalue weighted by Gasteiger charge is -2.40. The Hall–Kier alpha value is -1.90. The summed E-state index contributed by atoms with van der Waals surface area (Å²) in [5, 5.41) is 36.4. The third-order valence-corrected chi connectivity index (χ3v) is 5.04. The SMILES string of the molecule is CC1CCCC(C)N1Cc1cc([N+](=O)[O-])cc2c1NC(O)C(O)N2. The third kappa shape index (κ3) is 3.17. The van der Waals surface area contributed by atoms with Crippen molar-refractivity contribution in [1.82, 2.24) is 4.90 Å².